The molecule has 3 aromatic heterocycles. The van der Waals surface area contributed by atoms with E-state index in [0.29, 0.717) is 81.3 Å². The molecule has 10 unspecified atom stereocenters. The molecule has 9 rings (SSSR count). The number of carboxylic acids is 6. The topological polar surface area (TPSA) is 540 Å². The fourth-order valence-electron chi connectivity index (χ4n) is 12.5. The number of aromatic nitrogens is 3. The molecule has 7 aromatic rings. The number of carboxylic acid groups (broad SMARTS) is 6. The van der Waals surface area contributed by atoms with Crippen molar-refractivity contribution in [1.29, 1.82) is 0 Å². The Kier molecular flexibility index (Phi) is 43.6. The summed E-state index contributed by atoms with van der Waals surface area (Å²) in [5.74, 6) is 10.8. The van der Waals surface area contributed by atoms with Gasteiger partial charge in [0.25, 0.3) is 0 Å². The van der Waals surface area contributed by atoms with Crippen molar-refractivity contribution >= 4 is 35.8 Å². The summed E-state index contributed by atoms with van der Waals surface area (Å²) in [5.41, 5.74) is 8.82. The van der Waals surface area contributed by atoms with Gasteiger partial charge in [-0.15, -0.1) is 0 Å². The maximum absolute atomic E-state index is 12.0. The Labute approximate surface area is 778 Å². The van der Waals surface area contributed by atoms with Gasteiger partial charge in [0.1, 0.15) is 54.2 Å². The molecule has 0 saturated carbocycles. The van der Waals surface area contributed by atoms with Gasteiger partial charge in [-0.25, -0.2) is 0 Å². The predicted molar refractivity (Wildman–Crippen MR) is 406 cm³/mol. The minimum absolute atomic E-state index is 0. The molecule has 0 spiro atoms. The number of ether oxygens (including phenoxy) is 4. The minimum Gasteiger partial charge on any atom is -0.587 e. The molecule has 35 nitrogen and oxygen atoms in total. The average molecular weight is 1950 g/mol. The third-order valence-corrected chi connectivity index (χ3v) is 18.1. The molecule has 0 aliphatic carbocycles. The Morgan fingerprint density at radius 1 is 0.421 bits per heavy atom. The zero-order chi connectivity index (χ0) is 86.2. The number of carbonyl (C=O) groups is 6. The molecule has 10 atom stereocenters. The predicted octanol–water partition coefficient (Wildman–Crippen LogP) is -5.17. The Morgan fingerprint density at radius 3 is 1.03 bits per heavy atom. The maximum atomic E-state index is 12.0. The molecule has 2 saturated heterocycles. The van der Waals surface area contributed by atoms with E-state index in [-0.39, 0.29) is 168 Å². The molecule has 11 N–H and O–H groups in total. The first kappa shape index (κ1) is 102. The standard InChI is InChI=1S/C60H69N5O19.C24H25N3O8.2Eu/c1-3-49-53(71)55(73)57(75)59(83-49)81-47-16-12-38(13-17-47)8-10-41-26-43(61-45(28-41)32-64(22-24-79-77)34-51(67)68)30-63(21-20-40-6-4-37(2)5-7-40)31-44-27-42(29-46(62-44)33-65(23-25-80-78)35-52(69)70)11-9-39-14-18-48(19-15-39)82-60-58(76)56(74)54(72)50(36-66)84-60;1-16-2-4-17(5-3-16)6-7-18-8-19(10-26(12-21(28)29)13-22(30)31)25-20(9-18)11-27(14-23(32)33)15-24(34)35;;/h4-7,12-19,24-29,49-50,53-60,66,71-76,79-80H,3,20-23,30-36H2,1-2H3,(H,67,68)(H,69,70);2-5,8-9H,10-15H2,1H3,(H,28,29)(H,30,31)(H,32,33)(H,34,35);;/q-2;;2*+3/p-4. The van der Waals surface area contributed by atoms with Crippen LogP contribution in [0.25, 0.3) is 0 Å². The van der Waals surface area contributed by atoms with Crippen molar-refractivity contribution in [2.24, 2.45) is 0 Å². The average Bonchev–Trinajstić information content (AvgIpc) is 0.818. The Balaban J connectivity index is 0.000000513. The van der Waals surface area contributed by atoms with Crippen LogP contribution in [-0.2, 0) is 83.9 Å². The van der Waals surface area contributed by atoms with E-state index in [0.717, 1.165) is 39.7 Å². The monoisotopic (exact) mass is 1950 g/mol. The number of hydrogen-bond acceptors (Lipinski definition) is 31. The number of aliphatic hydroxyl groups excluding tert-OH is 7. The van der Waals surface area contributed by atoms with Crippen LogP contribution in [0.3, 0.4) is 0 Å². The Morgan fingerprint density at radius 2 is 0.719 bits per heavy atom. The molecule has 37 heteroatoms. The number of hydrogen-bond donors (Lipinski definition) is 9. The van der Waals surface area contributed by atoms with Crippen molar-refractivity contribution in [3.05, 3.63) is 231 Å². The van der Waals surface area contributed by atoms with Crippen LogP contribution in [0, 0.1) is 161 Å². The smallest absolute Gasteiger partial charge is 0.587 e. The largest absolute Gasteiger partial charge is 3.00 e. The molecule has 0 radical (unpaired) electrons. The van der Waals surface area contributed by atoms with Crippen LogP contribution in [0.1, 0.15) is 97.6 Å². The van der Waals surface area contributed by atoms with Gasteiger partial charge in [-0.1, -0.05) is 103 Å². The van der Waals surface area contributed by atoms with Crippen molar-refractivity contribution in [3.63, 3.8) is 0 Å². The normalized spacial score (nSPS) is 18.5. The number of rotatable bonds is 39. The summed E-state index contributed by atoms with van der Waals surface area (Å²) in [7, 11) is 0. The van der Waals surface area contributed by atoms with Crippen LogP contribution in [0.4, 0.5) is 0 Å². The van der Waals surface area contributed by atoms with Crippen LogP contribution in [-0.4, -0.2) is 258 Å². The summed E-state index contributed by atoms with van der Waals surface area (Å²) < 4.78 is 22.8. The van der Waals surface area contributed by atoms with Crippen LogP contribution in [0.15, 0.2) is 133 Å². The van der Waals surface area contributed by atoms with E-state index in [1.165, 1.54) is 21.9 Å². The van der Waals surface area contributed by atoms with E-state index < -0.39 is 143 Å². The molecule has 2 fully saturated rings. The van der Waals surface area contributed by atoms with Gasteiger partial charge < -0.3 is 135 Å². The number of aliphatic carboxylic acids is 6. The second kappa shape index (κ2) is 51.8. The number of nitrogens with zero attached hydrogens (tertiary/aromatic N) is 8. The first-order valence-electron chi connectivity index (χ1n) is 37.2. The van der Waals surface area contributed by atoms with E-state index in [2.05, 4.69) is 55.2 Å². The number of carbonyl (C=O) groups excluding carboxylic acids is 4. The van der Waals surface area contributed by atoms with Gasteiger partial charge in [0.05, 0.1) is 83.8 Å². The fraction of sp³-hybridized carbons (Fsp3) is 0.369. The van der Waals surface area contributed by atoms with E-state index >= 15 is 0 Å². The first-order valence-corrected chi connectivity index (χ1v) is 37.2. The Hall–Kier alpha value is -8.12. The van der Waals surface area contributed by atoms with Gasteiger partial charge in [-0.05, 0) is 143 Å². The van der Waals surface area contributed by atoms with E-state index in [4.69, 9.17) is 28.9 Å². The number of pyridine rings is 3. The van der Waals surface area contributed by atoms with Gasteiger partial charge in [0, 0.05) is 105 Å². The van der Waals surface area contributed by atoms with Gasteiger partial charge in [0.2, 0.25) is 12.6 Å². The van der Waals surface area contributed by atoms with Gasteiger partial charge in [0.15, 0.2) is 0 Å². The number of aryl methyl sites for hydroxylation is 2. The van der Waals surface area contributed by atoms with E-state index in [9.17, 15) is 106 Å². The van der Waals surface area contributed by atoms with Crippen molar-refractivity contribution in [1.82, 2.24) is 39.5 Å². The molecule has 642 valence electrons. The van der Waals surface area contributed by atoms with Crippen LogP contribution >= 0.6 is 0 Å². The fourth-order valence-corrected chi connectivity index (χ4v) is 12.5. The molecular weight excluding hydrogens is 1860 g/mol. The molecule has 5 heterocycles. The number of benzene rings is 4. The molecular formula is C84H90Eu2N8O27. The minimum atomic E-state index is -1.63. The van der Waals surface area contributed by atoms with Crippen LogP contribution in [0.5, 0.6) is 11.5 Å². The molecule has 2 aliphatic heterocycles. The van der Waals surface area contributed by atoms with Gasteiger partial charge in [-0.2, -0.15) is 0 Å². The zero-order valence-electron chi connectivity index (χ0n) is 65.6. The quantitative estimate of drug-likeness (QED) is 0.00572. The molecule has 2 aliphatic rings. The third-order valence-electron chi connectivity index (χ3n) is 18.1. The van der Waals surface area contributed by atoms with Crippen LogP contribution in [0.2, 0.25) is 0 Å². The van der Waals surface area contributed by atoms with Crippen molar-refractivity contribution in [2.75, 3.05) is 65.5 Å². The maximum Gasteiger partial charge on any atom is 3.00 e. The van der Waals surface area contributed by atoms with E-state index in [1.54, 1.807) is 73.7 Å². The van der Waals surface area contributed by atoms with Crippen molar-refractivity contribution < 1.29 is 233 Å². The van der Waals surface area contributed by atoms with Crippen molar-refractivity contribution in [2.45, 2.75) is 134 Å². The zero-order valence-corrected chi connectivity index (χ0v) is 70.5. The summed E-state index contributed by atoms with van der Waals surface area (Å²) in [6, 6.07) is 38.6. The third kappa shape index (κ3) is 35.2. The summed E-state index contributed by atoms with van der Waals surface area (Å²) in [6.07, 6.45) is -12.7. The molecule has 0 bridgehead atoms. The molecule has 0 amide bonds. The van der Waals surface area contributed by atoms with Gasteiger partial charge in [-0.3, -0.25) is 39.2 Å². The summed E-state index contributed by atoms with van der Waals surface area (Å²) in [6.45, 7) is 3.76. The Bertz CT molecular complexity index is 4470. The number of aliphatic hydroxyl groups is 9. The summed E-state index contributed by atoms with van der Waals surface area (Å²) in [5, 5.41) is 158. The SMILES string of the molecule is CCC1OC(Oc2ccc(C#Cc3cc(CN(C[CH-][OH+][O-])CC(=O)O)nc(CN(CCc4ccc(C)cc4)Cc4cc(C#Cc5ccc(OC6OC(CO)C(O)C(O)C6O)cc5)cc(CN(C[CH-][OH+][O-])CC(=O)O)n4)c3)cc2)C(O)C(O)C1O.Cc1ccc(C#Cc2cc(CN(CC(=O)[O-])CC(=O)[O-])nc(CN(CC(=O)[O-])CC(=O)[O-])c2)cc1.[Eu+3].[Eu+3]. The second-order valence-electron chi connectivity index (χ2n) is 28.0. The van der Waals surface area contributed by atoms with Crippen LogP contribution < -0.4 is 40.4 Å². The van der Waals surface area contributed by atoms with Crippen molar-refractivity contribution in [3.8, 4) is 47.0 Å². The van der Waals surface area contributed by atoms with E-state index in [1.807, 2.05) is 68.4 Å². The van der Waals surface area contributed by atoms with Gasteiger partial charge >= 0.3 is 111 Å². The first-order chi connectivity index (χ1) is 56.9. The molecule has 4 aromatic carbocycles. The summed E-state index contributed by atoms with van der Waals surface area (Å²) in [4.78, 5) is 95.0. The second-order valence-corrected chi connectivity index (χ2v) is 28.0. The molecule has 121 heavy (non-hydrogen) atoms. The summed E-state index contributed by atoms with van der Waals surface area (Å²) >= 11 is 0.